The van der Waals surface area contributed by atoms with E-state index in [1.165, 1.54) is 0 Å². The van der Waals surface area contributed by atoms with Crippen LogP contribution in [0.25, 0.3) is 0 Å². The molecule has 11 atom stereocenters. The maximum atomic E-state index is 12.1. The number of phosphoric ester groups is 2. The molecule has 0 aromatic carbocycles. The van der Waals surface area contributed by atoms with E-state index in [0.717, 1.165) is 4.90 Å². The Morgan fingerprint density at radius 3 is 2.18 bits per heavy atom. The molecule has 2 fully saturated rings. The first-order valence-electron chi connectivity index (χ1n) is 10.2. The molecule has 0 saturated carbocycles. The van der Waals surface area contributed by atoms with Crippen molar-refractivity contribution in [3.8, 4) is 0 Å². The fourth-order valence-corrected chi connectivity index (χ4v) is 5.64. The number of carbonyl (C=O) groups is 1. The molecule has 23 heteroatoms. The van der Waals surface area contributed by atoms with Gasteiger partial charge in [-0.25, -0.2) is 18.7 Å². The van der Waals surface area contributed by atoms with Gasteiger partial charge in [-0.3, -0.25) is 14.0 Å². The van der Waals surface area contributed by atoms with Crippen molar-refractivity contribution in [2.45, 2.75) is 61.7 Å². The number of aliphatic imine (C=N–C) groups is 1. The van der Waals surface area contributed by atoms with Gasteiger partial charge in [-0.1, -0.05) is 0 Å². The summed E-state index contributed by atoms with van der Waals surface area (Å²) in [6, 6.07) is -1.05. The minimum absolute atomic E-state index is 0. The molecule has 3 aliphatic heterocycles. The molecule has 2 unspecified atom stereocenters. The van der Waals surface area contributed by atoms with Crippen molar-refractivity contribution in [3.05, 3.63) is 0 Å². The van der Waals surface area contributed by atoms with Crippen LogP contribution in [-0.2, 0) is 32.0 Å². The minimum Gasteiger partial charge on any atom is -0.862 e. The van der Waals surface area contributed by atoms with Crippen molar-refractivity contribution in [2.75, 3.05) is 19.8 Å². The second-order valence-electron chi connectivity index (χ2n) is 7.87. The Hall–Kier alpha value is 0.880. The Morgan fingerprint density at radius 1 is 1.00 bits per heavy atom. The van der Waals surface area contributed by atoms with Gasteiger partial charge in [0.1, 0.15) is 42.7 Å². The van der Waals surface area contributed by atoms with Gasteiger partial charge in [0, 0.05) is 6.54 Å². The fourth-order valence-electron chi connectivity index (χ4n) is 3.52. The number of aliphatic hydroxyl groups is 6. The van der Waals surface area contributed by atoms with E-state index in [1.807, 2.05) is 0 Å². The third-order valence-corrected chi connectivity index (χ3v) is 7.93. The Kier molecular flexibility index (Phi) is 14.4. The molecule has 0 aromatic heterocycles. The van der Waals surface area contributed by atoms with Gasteiger partial charge in [0.2, 0.25) is 0 Å². The normalized spacial score (nSPS) is 38.8. The third kappa shape index (κ3) is 8.94. The molecule has 19 nitrogen and oxygen atoms in total. The number of nitrogens with zero attached hydrogens (tertiary/aromatic N) is 2. The van der Waals surface area contributed by atoms with Crippen molar-refractivity contribution in [1.82, 2.24) is 4.90 Å². The summed E-state index contributed by atoms with van der Waals surface area (Å²) in [4.78, 5) is 37.7. The van der Waals surface area contributed by atoms with Crippen LogP contribution in [0, 0.1) is 0 Å². The average molecular weight is 612 g/mol. The molecular weight excluding hydrogens is 588 g/mol. The monoisotopic (exact) mass is 612 g/mol. The molecule has 2 saturated heterocycles. The molecule has 2 amide bonds. The number of aliphatic hydroxyl groups excluding tert-OH is 6. The number of carbonyl (C=O) groups excluding carboxylic acids is 1. The van der Waals surface area contributed by atoms with Crippen molar-refractivity contribution in [2.24, 2.45) is 4.99 Å². The first kappa shape index (κ1) is 36.9. The van der Waals surface area contributed by atoms with E-state index in [-0.39, 0.29) is 72.1 Å². The molecule has 3 heterocycles. The quantitative estimate of drug-likeness (QED) is 0.0939. The van der Waals surface area contributed by atoms with Crippen LogP contribution in [0.2, 0.25) is 0 Å². The third-order valence-electron chi connectivity index (χ3n) is 5.36. The zero-order valence-corrected chi connectivity index (χ0v) is 25.8. The molecule has 0 spiro atoms. The number of hydrogen-bond donors (Lipinski definition) is 7. The van der Waals surface area contributed by atoms with Crippen LogP contribution >= 0.6 is 15.6 Å². The first-order chi connectivity index (χ1) is 16.7. The van der Waals surface area contributed by atoms with E-state index in [9.17, 15) is 54.4 Å². The van der Waals surface area contributed by atoms with Crippen LogP contribution in [0.15, 0.2) is 4.99 Å². The first-order valence-corrected chi connectivity index (χ1v) is 13.2. The molecule has 38 heavy (non-hydrogen) atoms. The van der Waals surface area contributed by atoms with Crippen molar-refractivity contribution >= 4 is 27.6 Å². The molecule has 0 aromatic rings. The Labute approximate surface area is 258 Å². The van der Waals surface area contributed by atoms with Crippen LogP contribution in [0.3, 0.4) is 0 Å². The summed E-state index contributed by atoms with van der Waals surface area (Å²) in [5.41, 5.74) is 0. The summed E-state index contributed by atoms with van der Waals surface area (Å²) >= 11 is 0. The Bertz CT molecular complexity index is 945. The largest absolute Gasteiger partial charge is 1.00 e. The zero-order chi connectivity index (χ0) is 27.0. The topological polar surface area (TPSA) is 301 Å². The van der Waals surface area contributed by atoms with Gasteiger partial charge in [0.15, 0.2) is 12.5 Å². The maximum absolute atomic E-state index is 12.1. The summed E-state index contributed by atoms with van der Waals surface area (Å²) in [6.07, 6.45) is -16.6. The van der Waals surface area contributed by atoms with E-state index in [4.69, 9.17) is 14.6 Å². The van der Waals surface area contributed by atoms with Gasteiger partial charge in [0.25, 0.3) is 7.82 Å². The van der Waals surface area contributed by atoms with Crippen LogP contribution < -0.4 is 69.1 Å². The van der Waals surface area contributed by atoms with E-state index in [2.05, 4.69) is 18.4 Å². The minimum atomic E-state index is -5.73. The molecule has 0 aliphatic carbocycles. The van der Waals surface area contributed by atoms with Crippen LogP contribution in [0.1, 0.15) is 6.42 Å². The summed E-state index contributed by atoms with van der Waals surface area (Å²) in [6.45, 7) is -2.18. The number of hydrogen-bond acceptors (Lipinski definition) is 16. The predicted octanol–water partition coefficient (Wildman–Crippen LogP) is -11.6. The van der Waals surface area contributed by atoms with Crippen molar-refractivity contribution in [3.63, 3.8) is 0 Å². The number of rotatable bonds is 9. The molecule has 3 rings (SSSR count). The zero-order valence-electron chi connectivity index (χ0n) is 20.0. The average Bonchev–Trinajstić information content (AvgIpc) is 3.06. The van der Waals surface area contributed by atoms with E-state index in [0.29, 0.717) is 0 Å². The molecule has 208 valence electrons. The van der Waals surface area contributed by atoms with Crippen LogP contribution in [-0.4, -0.2) is 127 Å². The molecular formula is C15H24N2Na2O17P2. The summed E-state index contributed by atoms with van der Waals surface area (Å²) in [5.74, 6) is -0.701. The van der Waals surface area contributed by atoms with Crippen LogP contribution in [0.5, 0.6) is 0 Å². The standard InChI is InChI=1S/C15H26N2O17P2.2Na/c18-3-5-8(20)10(22)12(24)14(32-5)33-36(28,29)34-35(26,27)30-4-6-9(21)11(23)13(31-6)17-2-1-7(19)16-15(17)25;;/h5-6,8-14,18,20-24H,1-4H2,(H,26,27)(H,28,29)(H,16,19,25);;/q;2*+1/p-2/t5-,6-,8-,9-,10+,11-,12-,13-,14+;;/m1../s1. The van der Waals surface area contributed by atoms with Gasteiger partial charge in [-0.05, 0) is 12.3 Å². The second kappa shape index (κ2) is 14.9. The number of urea groups is 1. The number of phosphoric acid groups is 2. The number of amides is 2. The van der Waals surface area contributed by atoms with E-state index in [1.54, 1.807) is 0 Å². The van der Waals surface area contributed by atoms with Crippen LogP contribution in [0.4, 0.5) is 4.79 Å². The van der Waals surface area contributed by atoms with E-state index >= 15 is 0 Å². The second-order valence-corrected chi connectivity index (χ2v) is 10.8. The summed E-state index contributed by atoms with van der Waals surface area (Å²) < 4.78 is 47.0. The molecule has 7 N–H and O–H groups in total. The molecule has 0 bridgehead atoms. The summed E-state index contributed by atoms with van der Waals surface area (Å²) in [5, 5.41) is 69.7. The van der Waals surface area contributed by atoms with Gasteiger partial charge >= 0.3 is 73.0 Å². The predicted molar refractivity (Wildman–Crippen MR) is 104 cm³/mol. The smallest absolute Gasteiger partial charge is 0.862 e. The summed E-state index contributed by atoms with van der Waals surface area (Å²) in [7, 11) is -11.4. The van der Waals surface area contributed by atoms with Gasteiger partial charge in [0.05, 0.1) is 13.2 Å². The van der Waals surface area contributed by atoms with Crippen molar-refractivity contribution < 1.29 is 141 Å². The maximum Gasteiger partial charge on any atom is 1.00 e. The SMILES string of the molecule is O=C1N=C([O-])CCN1[C@@H]1O[C@H](COP(=O)([O-])OP(=O)(O)O[C@@H]2O[C@H](CO)[C@@H](O)[C@H](O)[C@H]2O)[C@@H](O)[C@H]1O.[Na+].[Na+]. The van der Waals surface area contributed by atoms with E-state index < -0.39 is 96.0 Å². The fraction of sp³-hybridized carbons (Fsp3) is 0.867. The Morgan fingerprint density at radius 2 is 1.61 bits per heavy atom. The van der Waals surface area contributed by atoms with Gasteiger partial charge < -0.3 is 59.5 Å². The Balaban J connectivity index is 0.00000361. The number of ether oxygens (including phenoxy) is 2. The van der Waals surface area contributed by atoms with Crippen molar-refractivity contribution in [1.29, 1.82) is 0 Å². The van der Waals surface area contributed by atoms with Gasteiger partial charge in [-0.15, -0.1) is 0 Å². The molecule has 3 aliphatic rings. The molecule has 0 radical (unpaired) electrons. The van der Waals surface area contributed by atoms with Gasteiger partial charge in [-0.2, -0.15) is 0 Å².